The zero-order valence-corrected chi connectivity index (χ0v) is 10.1. The van der Waals surface area contributed by atoms with Crippen LogP contribution in [0, 0.1) is 18.2 Å². The lowest BCUT2D eigenvalue weighted by atomic mass is 10.2. The smallest absolute Gasteiger partial charge is 0.318 e. The van der Waals surface area contributed by atoms with Crippen molar-refractivity contribution in [1.29, 1.82) is 5.41 Å². The quantitative estimate of drug-likeness (QED) is 0.530. The summed E-state index contributed by atoms with van der Waals surface area (Å²) < 4.78 is 13.0. The maximum absolute atomic E-state index is 13.0. The number of halogens is 2. The van der Waals surface area contributed by atoms with Gasteiger partial charge in [0.1, 0.15) is 5.82 Å². The number of hydrogen-bond donors (Lipinski definition) is 3. The molecule has 0 unspecified atom stereocenters. The van der Waals surface area contributed by atoms with Crippen LogP contribution in [0.25, 0.3) is 0 Å². The van der Waals surface area contributed by atoms with Gasteiger partial charge >= 0.3 is 6.03 Å². The Morgan fingerprint density at radius 1 is 1.59 bits per heavy atom. The largest absolute Gasteiger partial charge is 0.351 e. The molecule has 0 aliphatic carbocycles. The Balaban J connectivity index is 3.08. The van der Waals surface area contributed by atoms with E-state index >= 15 is 0 Å². The number of benzene rings is 1. The van der Waals surface area contributed by atoms with Gasteiger partial charge in [-0.05, 0) is 24.6 Å². The lowest BCUT2D eigenvalue weighted by molar-refractivity contribution is 0.253. The highest BCUT2D eigenvalue weighted by atomic mass is 35.5. The van der Waals surface area contributed by atoms with Crippen molar-refractivity contribution in [3.63, 3.8) is 0 Å². The molecular formula is C10H12ClFN4O. The predicted molar refractivity (Wildman–Crippen MR) is 65.0 cm³/mol. The number of guanidine groups is 1. The SMILES string of the molecule is Cc1cc(F)cc(Cl)c1N(C)C(=N)NC(N)=O. The fourth-order valence-electron chi connectivity index (χ4n) is 1.43. The fourth-order valence-corrected chi connectivity index (χ4v) is 1.81. The number of hydrogen-bond acceptors (Lipinski definition) is 2. The summed E-state index contributed by atoms with van der Waals surface area (Å²) in [5.41, 5.74) is 5.89. The van der Waals surface area contributed by atoms with Gasteiger partial charge in [-0.2, -0.15) is 0 Å². The number of carbonyl (C=O) groups is 1. The van der Waals surface area contributed by atoms with Gasteiger partial charge in [-0.25, -0.2) is 9.18 Å². The molecule has 0 heterocycles. The molecule has 0 fully saturated rings. The molecule has 0 spiro atoms. The van der Waals surface area contributed by atoms with Crippen LogP contribution in [0.15, 0.2) is 12.1 Å². The van der Waals surface area contributed by atoms with Crippen LogP contribution in [0.3, 0.4) is 0 Å². The van der Waals surface area contributed by atoms with Crippen LogP contribution >= 0.6 is 11.6 Å². The van der Waals surface area contributed by atoms with Crippen LogP contribution in [0.2, 0.25) is 5.02 Å². The molecule has 0 aliphatic heterocycles. The Hall–Kier alpha value is -1.82. The first-order valence-corrected chi connectivity index (χ1v) is 5.05. The van der Waals surface area contributed by atoms with E-state index in [9.17, 15) is 9.18 Å². The van der Waals surface area contributed by atoms with Gasteiger partial charge in [-0.3, -0.25) is 10.7 Å². The standard InChI is InChI=1S/C10H12ClFN4O/c1-5-3-6(12)4-7(11)8(5)16(2)9(13)15-10(14)17/h3-4H,1-2H3,(H4,13,14,15,17). The number of amides is 2. The van der Waals surface area contributed by atoms with E-state index in [4.69, 9.17) is 22.7 Å². The molecule has 0 saturated heterocycles. The van der Waals surface area contributed by atoms with Crippen LogP contribution in [-0.2, 0) is 0 Å². The molecule has 1 rings (SSSR count). The molecule has 92 valence electrons. The molecule has 0 radical (unpaired) electrons. The maximum Gasteiger partial charge on any atom is 0.318 e. The number of nitrogens with one attached hydrogen (secondary N) is 2. The van der Waals surface area contributed by atoms with Crippen LogP contribution in [0.5, 0.6) is 0 Å². The van der Waals surface area contributed by atoms with Crippen molar-refractivity contribution in [2.75, 3.05) is 11.9 Å². The van der Waals surface area contributed by atoms with E-state index in [2.05, 4.69) is 5.32 Å². The topological polar surface area (TPSA) is 82.2 Å². The van der Waals surface area contributed by atoms with Gasteiger partial charge in [-0.1, -0.05) is 11.6 Å². The molecule has 4 N–H and O–H groups in total. The third-order valence-electron chi connectivity index (χ3n) is 2.13. The van der Waals surface area contributed by atoms with Crippen molar-refractivity contribution in [2.45, 2.75) is 6.92 Å². The summed E-state index contributed by atoms with van der Waals surface area (Å²) in [4.78, 5) is 11.9. The van der Waals surface area contributed by atoms with E-state index in [1.807, 2.05) is 0 Å². The summed E-state index contributed by atoms with van der Waals surface area (Å²) in [6, 6.07) is 1.57. The van der Waals surface area contributed by atoms with E-state index in [0.29, 0.717) is 11.3 Å². The molecule has 7 heteroatoms. The minimum atomic E-state index is -0.849. The van der Waals surface area contributed by atoms with Crippen molar-refractivity contribution in [3.8, 4) is 0 Å². The van der Waals surface area contributed by atoms with Crippen molar-refractivity contribution >= 4 is 29.3 Å². The number of anilines is 1. The number of urea groups is 1. The molecule has 0 atom stereocenters. The minimum absolute atomic E-state index is 0.154. The summed E-state index contributed by atoms with van der Waals surface area (Å²) in [6.45, 7) is 1.65. The monoisotopic (exact) mass is 258 g/mol. The third-order valence-corrected chi connectivity index (χ3v) is 2.42. The van der Waals surface area contributed by atoms with Gasteiger partial charge in [0.25, 0.3) is 0 Å². The fraction of sp³-hybridized carbons (Fsp3) is 0.200. The lowest BCUT2D eigenvalue weighted by Gasteiger charge is -2.22. The summed E-state index contributed by atoms with van der Waals surface area (Å²) in [5, 5.41) is 9.83. The zero-order chi connectivity index (χ0) is 13.2. The Labute approximate surface area is 103 Å². The normalized spacial score (nSPS) is 9.88. The average molecular weight is 259 g/mol. The average Bonchev–Trinajstić information content (AvgIpc) is 2.14. The van der Waals surface area contributed by atoms with E-state index in [-0.39, 0.29) is 11.0 Å². The zero-order valence-electron chi connectivity index (χ0n) is 9.34. The second-order valence-electron chi connectivity index (χ2n) is 3.45. The highest BCUT2D eigenvalue weighted by Gasteiger charge is 2.15. The van der Waals surface area contributed by atoms with Gasteiger partial charge in [0.2, 0.25) is 5.96 Å². The molecule has 5 nitrogen and oxygen atoms in total. The molecule has 0 aromatic heterocycles. The van der Waals surface area contributed by atoms with Crippen molar-refractivity contribution in [2.24, 2.45) is 5.73 Å². The van der Waals surface area contributed by atoms with Crippen molar-refractivity contribution in [3.05, 3.63) is 28.5 Å². The first-order valence-electron chi connectivity index (χ1n) is 4.67. The maximum atomic E-state index is 13.0. The molecule has 2 amide bonds. The number of carbonyl (C=O) groups excluding carboxylic acids is 1. The Kier molecular flexibility index (Phi) is 3.90. The molecule has 0 saturated carbocycles. The van der Waals surface area contributed by atoms with E-state index in [0.717, 1.165) is 6.07 Å². The molecule has 0 bridgehead atoms. The van der Waals surface area contributed by atoms with Gasteiger partial charge in [-0.15, -0.1) is 0 Å². The van der Waals surface area contributed by atoms with Gasteiger partial charge < -0.3 is 10.6 Å². The van der Waals surface area contributed by atoms with Crippen molar-refractivity contribution in [1.82, 2.24) is 5.32 Å². The molecule has 1 aromatic carbocycles. The molecule has 0 aliphatic rings. The minimum Gasteiger partial charge on any atom is -0.351 e. The predicted octanol–water partition coefficient (Wildman–Crippen LogP) is 1.83. The van der Waals surface area contributed by atoms with E-state index in [1.165, 1.54) is 18.0 Å². The van der Waals surface area contributed by atoms with Gasteiger partial charge in [0, 0.05) is 7.05 Å². The second-order valence-corrected chi connectivity index (χ2v) is 3.86. The Morgan fingerprint density at radius 2 is 2.18 bits per heavy atom. The Bertz CT molecular complexity index is 454. The second kappa shape index (κ2) is 5.01. The molecule has 1 aromatic rings. The number of primary amides is 1. The first-order chi connectivity index (χ1) is 7.82. The Morgan fingerprint density at radius 3 is 2.65 bits per heavy atom. The van der Waals surface area contributed by atoms with Crippen LogP contribution in [0.4, 0.5) is 14.9 Å². The van der Waals surface area contributed by atoms with Crippen LogP contribution < -0.4 is 16.0 Å². The van der Waals surface area contributed by atoms with Crippen LogP contribution in [0.1, 0.15) is 5.56 Å². The first kappa shape index (κ1) is 13.2. The van der Waals surface area contributed by atoms with Gasteiger partial charge in [0.15, 0.2) is 0 Å². The highest BCUT2D eigenvalue weighted by Crippen LogP contribution is 2.29. The summed E-state index contributed by atoms with van der Waals surface area (Å²) >= 11 is 5.89. The number of nitrogens with two attached hydrogens (primary N) is 1. The number of nitrogens with zero attached hydrogens (tertiary/aromatic N) is 1. The third kappa shape index (κ3) is 3.07. The highest BCUT2D eigenvalue weighted by molar-refractivity contribution is 6.34. The summed E-state index contributed by atoms with van der Waals surface area (Å²) in [5.74, 6) is -0.701. The van der Waals surface area contributed by atoms with Gasteiger partial charge in [0.05, 0.1) is 10.7 Å². The van der Waals surface area contributed by atoms with E-state index in [1.54, 1.807) is 6.92 Å². The molecule has 17 heavy (non-hydrogen) atoms. The summed E-state index contributed by atoms with van der Waals surface area (Å²) in [6.07, 6.45) is 0. The van der Waals surface area contributed by atoms with Crippen LogP contribution in [-0.4, -0.2) is 19.0 Å². The van der Waals surface area contributed by atoms with E-state index < -0.39 is 11.8 Å². The number of rotatable bonds is 1. The lowest BCUT2D eigenvalue weighted by Crippen LogP contribution is -2.44. The summed E-state index contributed by atoms with van der Waals surface area (Å²) in [7, 11) is 1.52. The number of aryl methyl sites for hydroxylation is 1. The molecular weight excluding hydrogens is 247 g/mol. The van der Waals surface area contributed by atoms with Crippen molar-refractivity contribution < 1.29 is 9.18 Å².